The van der Waals surface area contributed by atoms with Crippen LogP contribution in [-0.4, -0.2) is 52.5 Å². The zero-order valence-electron chi connectivity index (χ0n) is 28.1. The van der Waals surface area contributed by atoms with Gasteiger partial charge in [0, 0.05) is 20.2 Å². The van der Waals surface area contributed by atoms with Gasteiger partial charge < -0.3 is 14.7 Å². The SMILES string of the molecule is CCCCCCCCCCCCCCC(C[N+](C)(C)Cc1ccccc1Sc1ccccc1C(=O)O)Sc1ccccc1C(=O)O. The summed E-state index contributed by atoms with van der Waals surface area (Å²) in [6.07, 6.45) is 16.8. The first-order chi connectivity index (χ1) is 22.2. The molecule has 7 heteroatoms. The van der Waals surface area contributed by atoms with E-state index in [1.54, 1.807) is 36.0 Å². The second kappa shape index (κ2) is 20.5. The standard InChI is InChI=1S/C39H53NO4S2/c1-4-5-6-7-8-9-10-11-12-13-14-15-23-32(45-36-27-20-17-24-33(36)38(41)42)30-40(2,3)29-31-22-16-19-26-35(31)46-37-28-21-18-25-34(37)39(43)44/h16-22,24-28,32H,4-15,23,29-30H2,1-3H3,(H-,41,42,43,44)/p+1. The summed E-state index contributed by atoms with van der Waals surface area (Å²) in [7, 11) is 4.48. The Labute approximate surface area is 285 Å². The molecule has 0 aliphatic carbocycles. The fraction of sp³-hybridized carbons (Fsp3) is 0.487. The van der Waals surface area contributed by atoms with Gasteiger partial charge in [-0.2, -0.15) is 0 Å². The number of benzene rings is 3. The number of thioether (sulfide) groups is 1. The summed E-state index contributed by atoms with van der Waals surface area (Å²) < 4.78 is 0.739. The van der Waals surface area contributed by atoms with E-state index in [0.29, 0.717) is 11.1 Å². The Hall–Kier alpha value is -2.74. The second-order valence-corrected chi connectivity index (χ2v) is 15.4. The van der Waals surface area contributed by atoms with Gasteiger partial charge in [0.1, 0.15) is 6.54 Å². The van der Waals surface area contributed by atoms with Gasteiger partial charge in [-0.05, 0) is 36.8 Å². The quantitative estimate of drug-likeness (QED) is 0.0597. The van der Waals surface area contributed by atoms with E-state index in [1.165, 1.54) is 88.0 Å². The Kier molecular flexibility index (Phi) is 16.8. The van der Waals surface area contributed by atoms with E-state index < -0.39 is 11.9 Å². The van der Waals surface area contributed by atoms with Crippen molar-refractivity contribution in [2.45, 2.75) is 117 Å². The van der Waals surface area contributed by atoms with Gasteiger partial charge in [-0.1, -0.05) is 138 Å². The number of hydrogen-bond donors (Lipinski definition) is 2. The van der Waals surface area contributed by atoms with Gasteiger partial charge in [-0.25, -0.2) is 9.59 Å². The molecule has 0 saturated carbocycles. The maximum Gasteiger partial charge on any atom is 0.336 e. The van der Waals surface area contributed by atoms with Crippen LogP contribution in [0.25, 0.3) is 0 Å². The summed E-state index contributed by atoms with van der Waals surface area (Å²) in [4.78, 5) is 26.5. The Morgan fingerprint density at radius 3 is 1.65 bits per heavy atom. The minimum atomic E-state index is -0.920. The van der Waals surface area contributed by atoms with Crippen LogP contribution in [0.1, 0.15) is 117 Å². The molecule has 0 amide bonds. The molecule has 0 radical (unpaired) electrons. The molecule has 250 valence electrons. The van der Waals surface area contributed by atoms with Gasteiger partial charge >= 0.3 is 11.9 Å². The lowest BCUT2D eigenvalue weighted by Crippen LogP contribution is -2.44. The first-order valence-electron chi connectivity index (χ1n) is 17.1. The van der Waals surface area contributed by atoms with Crippen molar-refractivity contribution < 1.29 is 24.3 Å². The van der Waals surface area contributed by atoms with E-state index in [0.717, 1.165) is 45.1 Å². The maximum absolute atomic E-state index is 12.0. The van der Waals surface area contributed by atoms with Gasteiger partial charge in [0.25, 0.3) is 0 Å². The van der Waals surface area contributed by atoms with Crippen LogP contribution in [0.2, 0.25) is 0 Å². The molecular formula is C39H54NO4S2+. The third-order valence-corrected chi connectivity index (χ3v) is 10.9. The summed E-state index contributed by atoms with van der Waals surface area (Å²) in [6, 6.07) is 22.8. The van der Waals surface area contributed by atoms with Gasteiger partial charge in [0.15, 0.2) is 0 Å². The third kappa shape index (κ3) is 13.5. The molecule has 0 spiro atoms. The Balaban J connectivity index is 1.62. The molecule has 3 aromatic carbocycles. The third-order valence-electron chi connectivity index (χ3n) is 8.40. The fourth-order valence-corrected chi connectivity index (χ4v) is 8.61. The number of rotatable bonds is 23. The molecule has 0 bridgehead atoms. The zero-order valence-corrected chi connectivity index (χ0v) is 29.7. The van der Waals surface area contributed by atoms with E-state index in [9.17, 15) is 19.8 Å². The molecule has 3 aromatic rings. The van der Waals surface area contributed by atoms with E-state index in [2.05, 4.69) is 33.2 Å². The molecule has 3 rings (SSSR count). The molecule has 0 fully saturated rings. The maximum atomic E-state index is 12.0. The van der Waals surface area contributed by atoms with Crippen molar-refractivity contribution in [2.75, 3.05) is 20.6 Å². The van der Waals surface area contributed by atoms with Gasteiger partial charge in [-0.3, -0.25) is 0 Å². The molecule has 1 unspecified atom stereocenters. The topological polar surface area (TPSA) is 74.6 Å². The number of nitrogens with zero attached hydrogens (tertiary/aromatic N) is 1. The van der Waals surface area contributed by atoms with E-state index in [1.807, 2.05) is 36.4 Å². The Bertz CT molecular complexity index is 1360. The van der Waals surface area contributed by atoms with Crippen LogP contribution in [0.4, 0.5) is 0 Å². The molecule has 0 aliphatic heterocycles. The largest absolute Gasteiger partial charge is 0.478 e. The molecule has 46 heavy (non-hydrogen) atoms. The highest BCUT2D eigenvalue weighted by atomic mass is 32.2. The monoisotopic (exact) mass is 664 g/mol. The molecule has 0 saturated heterocycles. The second-order valence-electron chi connectivity index (χ2n) is 13.0. The van der Waals surface area contributed by atoms with Crippen LogP contribution in [0.15, 0.2) is 87.5 Å². The molecule has 1 atom stereocenters. The fourth-order valence-electron chi connectivity index (χ4n) is 5.99. The Morgan fingerprint density at radius 2 is 1.09 bits per heavy atom. The summed E-state index contributed by atoms with van der Waals surface area (Å²) in [5.74, 6) is -1.80. The van der Waals surface area contributed by atoms with Gasteiger partial charge in [0.2, 0.25) is 0 Å². The number of aromatic carboxylic acids is 2. The van der Waals surface area contributed by atoms with E-state index in [-0.39, 0.29) is 5.25 Å². The number of quaternary nitrogens is 1. The van der Waals surface area contributed by atoms with Crippen molar-refractivity contribution in [1.82, 2.24) is 0 Å². The van der Waals surface area contributed by atoms with Gasteiger partial charge in [0.05, 0.1) is 37.0 Å². The van der Waals surface area contributed by atoms with Crippen LogP contribution in [-0.2, 0) is 6.54 Å². The van der Waals surface area contributed by atoms with Crippen molar-refractivity contribution >= 4 is 35.5 Å². The number of hydrogen-bond acceptors (Lipinski definition) is 4. The van der Waals surface area contributed by atoms with Crippen LogP contribution in [0.5, 0.6) is 0 Å². The smallest absolute Gasteiger partial charge is 0.336 e. The summed E-state index contributed by atoms with van der Waals surface area (Å²) in [5, 5.41) is 19.8. The van der Waals surface area contributed by atoms with Crippen molar-refractivity contribution in [3.63, 3.8) is 0 Å². The van der Waals surface area contributed by atoms with E-state index >= 15 is 0 Å². The van der Waals surface area contributed by atoms with E-state index in [4.69, 9.17) is 0 Å². The first-order valence-corrected chi connectivity index (χ1v) is 18.8. The predicted octanol–water partition coefficient (Wildman–Crippen LogP) is 11.1. The molecule has 0 aliphatic rings. The molecule has 0 heterocycles. The summed E-state index contributed by atoms with van der Waals surface area (Å²) >= 11 is 3.21. The summed E-state index contributed by atoms with van der Waals surface area (Å²) in [5.41, 5.74) is 1.86. The van der Waals surface area contributed by atoms with Crippen LogP contribution < -0.4 is 0 Å². The molecular weight excluding hydrogens is 611 g/mol. The highest BCUT2D eigenvalue weighted by Gasteiger charge is 2.26. The normalized spacial score (nSPS) is 12.2. The highest BCUT2D eigenvalue weighted by molar-refractivity contribution is 8.00. The lowest BCUT2D eigenvalue weighted by molar-refractivity contribution is -0.903. The number of carboxylic acid groups (broad SMARTS) is 2. The molecule has 5 nitrogen and oxygen atoms in total. The van der Waals surface area contributed by atoms with Gasteiger partial charge in [-0.15, -0.1) is 11.8 Å². The summed E-state index contributed by atoms with van der Waals surface area (Å²) in [6.45, 7) is 3.94. The highest BCUT2D eigenvalue weighted by Crippen LogP contribution is 2.35. The lowest BCUT2D eigenvalue weighted by Gasteiger charge is -2.34. The first kappa shape index (κ1) is 37.7. The number of carboxylic acids is 2. The number of carbonyl (C=O) groups is 2. The van der Waals surface area contributed by atoms with Crippen molar-refractivity contribution in [3.8, 4) is 0 Å². The predicted molar refractivity (Wildman–Crippen MR) is 193 cm³/mol. The van der Waals surface area contributed by atoms with Crippen LogP contribution in [0, 0.1) is 0 Å². The average molecular weight is 665 g/mol. The zero-order chi connectivity index (χ0) is 33.2. The molecule has 0 aromatic heterocycles. The average Bonchev–Trinajstić information content (AvgIpc) is 3.02. The minimum absolute atomic E-state index is 0.270. The lowest BCUT2D eigenvalue weighted by atomic mass is 10.0. The van der Waals surface area contributed by atoms with Crippen LogP contribution >= 0.6 is 23.5 Å². The Morgan fingerprint density at radius 1 is 0.630 bits per heavy atom. The van der Waals surface area contributed by atoms with Crippen molar-refractivity contribution in [1.29, 1.82) is 0 Å². The van der Waals surface area contributed by atoms with Crippen molar-refractivity contribution in [2.24, 2.45) is 0 Å². The number of unbranched alkanes of at least 4 members (excludes halogenated alkanes) is 11. The molecule has 2 N–H and O–H groups in total. The van der Waals surface area contributed by atoms with Crippen molar-refractivity contribution in [3.05, 3.63) is 89.5 Å². The van der Waals surface area contributed by atoms with Crippen LogP contribution in [0.3, 0.4) is 0 Å². The minimum Gasteiger partial charge on any atom is -0.478 e.